The Morgan fingerprint density at radius 1 is 1.14 bits per heavy atom. The molecule has 0 bridgehead atoms. The minimum Gasteiger partial charge on any atom is -0.731 e. The maximum absolute atomic E-state index is 12.8. The highest BCUT2D eigenvalue weighted by atomic mass is 32.2. The van der Waals surface area contributed by atoms with E-state index in [9.17, 15) is 22.6 Å². The molecule has 0 radical (unpaired) electrons. The molecular formula is C19H21N4O5S-. The average molecular weight is 417 g/mol. The Morgan fingerprint density at radius 3 is 2.52 bits per heavy atom. The maximum atomic E-state index is 12.8. The van der Waals surface area contributed by atoms with E-state index < -0.39 is 22.4 Å². The van der Waals surface area contributed by atoms with Crippen molar-refractivity contribution in [1.29, 1.82) is 0 Å². The summed E-state index contributed by atoms with van der Waals surface area (Å²) in [5.41, 5.74) is 2.50. The number of hydrogen-bond donors (Lipinski definition) is 3. The minimum atomic E-state index is -4.66. The second-order valence-corrected chi connectivity index (χ2v) is 7.76. The van der Waals surface area contributed by atoms with E-state index in [0.29, 0.717) is 12.1 Å². The van der Waals surface area contributed by atoms with Crippen LogP contribution in [-0.2, 0) is 34.6 Å². The van der Waals surface area contributed by atoms with E-state index in [0.717, 1.165) is 11.1 Å². The van der Waals surface area contributed by atoms with Gasteiger partial charge in [0.25, 0.3) is 0 Å². The zero-order valence-corrected chi connectivity index (χ0v) is 16.5. The molecule has 2 aromatic carbocycles. The molecule has 0 spiro atoms. The Bertz CT molecular complexity index is 1010. The smallest absolute Gasteiger partial charge is 0.318 e. The number of rotatable bonds is 5. The molecule has 0 unspecified atom stereocenters. The van der Waals surface area contributed by atoms with Gasteiger partial charge in [-0.15, -0.1) is 0 Å². The minimum absolute atomic E-state index is 0.0997. The number of urea groups is 1. The van der Waals surface area contributed by atoms with Crippen LogP contribution >= 0.6 is 0 Å². The first-order valence-electron chi connectivity index (χ1n) is 8.92. The van der Waals surface area contributed by atoms with Crippen LogP contribution in [-0.4, -0.2) is 42.9 Å². The molecule has 1 aliphatic heterocycles. The van der Waals surface area contributed by atoms with Crippen LogP contribution in [0.3, 0.4) is 0 Å². The van der Waals surface area contributed by atoms with Crippen LogP contribution in [0.1, 0.15) is 16.7 Å². The zero-order valence-electron chi connectivity index (χ0n) is 15.7. The first kappa shape index (κ1) is 20.6. The second-order valence-electron chi connectivity index (χ2n) is 6.65. The summed E-state index contributed by atoms with van der Waals surface area (Å²) in [7, 11) is -3.15. The number of amides is 3. The highest BCUT2D eigenvalue weighted by Gasteiger charge is 2.34. The molecule has 1 aliphatic rings. The molecule has 1 heterocycles. The first-order chi connectivity index (χ1) is 13.8. The van der Waals surface area contributed by atoms with Gasteiger partial charge in [-0.2, -0.15) is 0 Å². The largest absolute Gasteiger partial charge is 0.731 e. The van der Waals surface area contributed by atoms with Crippen LogP contribution in [0.5, 0.6) is 0 Å². The van der Waals surface area contributed by atoms with Gasteiger partial charge in [0.05, 0.1) is 0 Å². The van der Waals surface area contributed by atoms with Crippen LogP contribution in [0, 0.1) is 0 Å². The van der Waals surface area contributed by atoms with Gasteiger partial charge in [-0.25, -0.2) is 13.2 Å². The van der Waals surface area contributed by atoms with E-state index >= 15 is 0 Å². The Balaban J connectivity index is 1.82. The molecule has 3 rings (SSSR count). The third kappa shape index (κ3) is 5.24. The quantitative estimate of drug-likeness (QED) is 0.623. The Hall–Kier alpha value is -3.11. The molecule has 29 heavy (non-hydrogen) atoms. The molecule has 1 atom stereocenters. The summed E-state index contributed by atoms with van der Waals surface area (Å²) >= 11 is 0. The van der Waals surface area contributed by atoms with E-state index in [2.05, 4.69) is 10.6 Å². The number of anilines is 1. The topological polar surface area (TPSA) is 131 Å². The van der Waals surface area contributed by atoms with Gasteiger partial charge in [-0.05, 0) is 28.8 Å². The van der Waals surface area contributed by atoms with Crippen LogP contribution < -0.4 is 15.4 Å². The van der Waals surface area contributed by atoms with Crippen molar-refractivity contribution in [2.24, 2.45) is 0 Å². The summed E-state index contributed by atoms with van der Waals surface area (Å²) in [6, 6.07) is 12.9. The summed E-state index contributed by atoms with van der Waals surface area (Å²) < 4.78 is 34.7. The second kappa shape index (κ2) is 8.50. The van der Waals surface area contributed by atoms with Crippen molar-refractivity contribution >= 4 is 27.9 Å². The van der Waals surface area contributed by atoms with Crippen LogP contribution in [0.4, 0.5) is 10.5 Å². The third-order valence-corrected chi connectivity index (χ3v) is 5.16. The number of fused-ring (bicyclic) bond motifs is 1. The van der Waals surface area contributed by atoms with E-state index in [1.165, 1.54) is 24.1 Å². The fourth-order valence-electron chi connectivity index (χ4n) is 3.28. The molecule has 0 saturated carbocycles. The first-order valence-corrected chi connectivity index (χ1v) is 10.3. The zero-order chi connectivity index (χ0) is 21.0. The fourth-order valence-corrected chi connectivity index (χ4v) is 3.70. The van der Waals surface area contributed by atoms with Crippen molar-refractivity contribution in [3.8, 4) is 0 Å². The number of nitrogens with one attached hydrogen (secondary N) is 3. The van der Waals surface area contributed by atoms with Crippen molar-refractivity contribution in [2.75, 3.05) is 11.8 Å². The number of benzene rings is 2. The van der Waals surface area contributed by atoms with E-state index in [1.807, 2.05) is 35.1 Å². The molecule has 9 nitrogen and oxygen atoms in total. The lowest BCUT2D eigenvalue weighted by molar-refractivity contribution is -0.125. The van der Waals surface area contributed by atoms with Gasteiger partial charge in [0.15, 0.2) is 10.3 Å². The summed E-state index contributed by atoms with van der Waals surface area (Å²) in [5.74, 6) is -0.296. The Morgan fingerprint density at radius 2 is 1.86 bits per heavy atom. The molecular weight excluding hydrogens is 396 g/mol. The van der Waals surface area contributed by atoms with Crippen molar-refractivity contribution < 1.29 is 22.6 Å². The lowest BCUT2D eigenvalue weighted by Gasteiger charge is -2.36. The molecule has 0 saturated heterocycles. The predicted octanol–water partition coefficient (Wildman–Crippen LogP) is 0.941. The monoisotopic (exact) mass is 417 g/mol. The van der Waals surface area contributed by atoms with Crippen molar-refractivity contribution in [3.05, 3.63) is 65.2 Å². The van der Waals surface area contributed by atoms with Gasteiger partial charge in [-0.1, -0.05) is 36.4 Å². The van der Waals surface area contributed by atoms with Gasteiger partial charge in [0.1, 0.15) is 6.04 Å². The highest BCUT2D eigenvalue weighted by Crippen LogP contribution is 2.27. The maximum Gasteiger partial charge on any atom is 0.318 e. The van der Waals surface area contributed by atoms with E-state index in [1.54, 1.807) is 6.07 Å². The number of carbonyl (C=O) groups excluding carboxylic acids is 2. The van der Waals surface area contributed by atoms with Crippen molar-refractivity contribution in [1.82, 2.24) is 15.5 Å². The SMILES string of the molecule is CNC(=O)[C@@H]1Cc2ccc(NS(=O)(=O)[O-])cc2CN1C(=O)NCc1ccccc1. The van der Waals surface area contributed by atoms with Crippen LogP contribution in [0.2, 0.25) is 0 Å². The van der Waals surface area contributed by atoms with Crippen molar-refractivity contribution in [3.63, 3.8) is 0 Å². The summed E-state index contributed by atoms with van der Waals surface area (Å²) in [4.78, 5) is 26.6. The van der Waals surface area contributed by atoms with E-state index in [-0.39, 0.29) is 24.6 Å². The lowest BCUT2D eigenvalue weighted by Crippen LogP contribution is -2.54. The van der Waals surface area contributed by atoms with Crippen LogP contribution in [0.15, 0.2) is 48.5 Å². The number of likely N-dealkylation sites (N-methyl/N-ethyl adjacent to an activating group) is 1. The molecule has 10 heteroatoms. The van der Waals surface area contributed by atoms with E-state index in [4.69, 9.17) is 0 Å². The lowest BCUT2D eigenvalue weighted by atomic mass is 9.93. The molecule has 0 aromatic heterocycles. The van der Waals surface area contributed by atoms with Gasteiger partial charge in [0, 0.05) is 32.2 Å². The van der Waals surface area contributed by atoms with Crippen molar-refractivity contribution in [2.45, 2.75) is 25.6 Å². The van der Waals surface area contributed by atoms with Crippen LogP contribution in [0.25, 0.3) is 0 Å². The number of nitrogens with zero attached hydrogens (tertiary/aromatic N) is 1. The van der Waals surface area contributed by atoms with Gasteiger partial charge >= 0.3 is 6.03 Å². The van der Waals surface area contributed by atoms with Gasteiger partial charge < -0.3 is 20.1 Å². The van der Waals surface area contributed by atoms with Gasteiger partial charge in [-0.3, -0.25) is 9.52 Å². The molecule has 154 valence electrons. The number of hydrogen-bond acceptors (Lipinski definition) is 5. The van der Waals surface area contributed by atoms with Gasteiger partial charge in [0.2, 0.25) is 5.91 Å². The molecule has 2 aromatic rings. The Labute approximate surface area is 169 Å². The molecule has 0 aliphatic carbocycles. The normalized spacial score (nSPS) is 15.9. The molecule has 0 fully saturated rings. The molecule has 3 amide bonds. The average Bonchev–Trinajstić information content (AvgIpc) is 2.70. The summed E-state index contributed by atoms with van der Waals surface area (Å²) in [6.45, 7) is 0.405. The highest BCUT2D eigenvalue weighted by molar-refractivity contribution is 7.87. The number of carbonyl (C=O) groups is 2. The fraction of sp³-hybridized carbons (Fsp3) is 0.263. The Kier molecular flexibility index (Phi) is 6.04. The third-order valence-electron chi connectivity index (χ3n) is 4.68. The molecule has 3 N–H and O–H groups in total. The predicted molar refractivity (Wildman–Crippen MR) is 106 cm³/mol. The summed E-state index contributed by atoms with van der Waals surface area (Å²) in [5, 5.41) is 5.38. The standard InChI is InChI=1S/C19H22N4O5S/c1-20-18(24)17-10-14-7-8-16(22-29(26,27)28)9-15(14)12-23(17)19(25)21-11-13-5-3-2-4-6-13/h2-9,17,22H,10-12H2,1H3,(H,20,24)(H,21,25)(H,26,27,28)/p-1/t17-/m0/s1. The summed E-state index contributed by atoms with van der Waals surface area (Å²) in [6.07, 6.45) is 0.276.